The summed E-state index contributed by atoms with van der Waals surface area (Å²) in [4.78, 5) is 7.15. The average Bonchev–Trinajstić information content (AvgIpc) is 2.02. The van der Waals surface area contributed by atoms with Gasteiger partial charge in [0.05, 0.1) is 0 Å². The van der Waals surface area contributed by atoms with Gasteiger partial charge in [0, 0.05) is 12.4 Å². The van der Waals surface area contributed by atoms with Crippen LogP contribution in [0.25, 0.3) is 0 Å². The molecule has 0 bridgehead atoms. The normalized spacial score (nSPS) is 10.2. The molecule has 0 saturated carbocycles. The van der Waals surface area contributed by atoms with Crippen molar-refractivity contribution in [2.45, 2.75) is 0 Å². The molecule has 1 heterocycles. The maximum absolute atomic E-state index is 10.2. The van der Waals surface area contributed by atoms with Gasteiger partial charge in [-0.2, -0.15) is 8.42 Å². The van der Waals surface area contributed by atoms with E-state index in [9.17, 15) is 8.42 Å². The van der Waals surface area contributed by atoms with Crippen LogP contribution >= 0.6 is 12.4 Å². The highest BCUT2D eigenvalue weighted by Gasteiger charge is 2.05. The van der Waals surface area contributed by atoms with Gasteiger partial charge >= 0.3 is 16.1 Å². The zero-order valence-corrected chi connectivity index (χ0v) is 7.96. The van der Waals surface area contributed by atoms with Crippen LogP contribution in [0.2, 0.25) is 0 Å². The Kier molecular flexibility index (Phi) is 4.60. The molecule has 6 nitrogen and oxygen atoms in total. The summed E-state index contributed by atoms with van der Waals surface area (Å²) in [7, 11) is -4.12. The van der Waals surface area contributed by atoms with Crippen molar-refractivity contribution in [1.82, 2.24) is 9.97 Å². The predicted molar refractivity (Wildman–Crippen MR) is 46.3 cm³/mol. The molecule has 0 aliphatic carbocycles. The summed E-state index contributed by atoms with van der Waals surface area (Å²) in [6.07, 6.45) is 2.79. The molecule has 74 valence electrons. The van der Waals surface area contributed by atoms with Crippen molar-refractivity contribution in [2.75, 3.05) is 5.94 Å². The lowest BCUT2D eigenvalue weighted by molar-refractivity contribution is 0.328. The van der Waals surface area contributed by atoms with Gasteiger partial charge in [0.2, 0.25) is 5.94 Å². The van der Waals surface area contributed by atoms with Gasteiger partial charge < -0.3 is 4.74 Å². The summed E-state index contributed by atoms with van der Waals surface area (Å²) < 4.78 is 33.1. The fourth-order valence-electron chi connectivity index (χ4n) is 0.487. The second kappa shape index (κ2) is 4.95. The van der Waals surface area contributed by atoms with Gasteiger partial charge in [0.1, 0.15) is 0 Å². The van der Waals surface area contributed by atoms with Gasteiger partial charge in [-0.15, -0.1) is 12.4 Å². The molecule has 0 unspecified atom stereocenters. The minimum atomic E-state index is -4.12. The van der Waals surface area contributed by atoms with Crippen molar-refractivity contribution >= 4 is 22.5 Å². The summed E-state index contributed by atoms with van der Waals surface area (Å²) in [6.45, 7) is 0. The molecule has 0 radical (unpaired) electrons. The van der Waals surface area contributed by atoms with Crippen LogP contribution in [0.15, 0.2) is 18.5 Å². The summed E-state index contributed by atoms with van der Waals surface area (Å²) >= 11 is 0. The minimum Gasteiger partial charge on any atom is -0.444 e. The quantitative estimate of drug-likeness (QED) is 0.737. The highest BCUT2D eigenvalue weighted by Crippen LogP contribution is 1.98. The van der Waals surface area contributed by atoms with Crippen LogP contribution in [-0.2, 0) is 10.1 Å². The monoisotopic (exact) mass is 226 g/mol. The Bertz CT molecular complexity index is 341. The standard InChI is InChI=1S/C5H6N2O4S.ClH/c8-12(9,10)4-11-5-6-2-1-3-7-5;/h1-3H,4H2,(H,8,9,10);1H. The van der Waals surface area contributed by atoms with Crippen LogP contribution in [0.5, 0.6) is 6.01 Å². The van der Waals surface area contributed by atoms with Crippen LogP contribution in [0, 0.1) is 0 Å². The second-order valence-corrected chi connectivity index (χ2v) is 3.27. The SMILES string of the molecule is Cl.O=S(=O)(O)COc1ncccn1. The molecule has 0 amide bonds. The molecule has 0 aliphatic rings. The van der Waals surface area contributed by atoms with Crippen LogP contribution < -0.4 is 4.74 Å². The molecule has 0 aliphatic heterocycles. The predicted octanol–water partition coefficient (Wildman–Crippen LogP) is 0.122. The van der Waals surface area contributed by atoms with E-state index in [0.717, 1.165) is 0 Å². The number of ether oxygens (including phenoxy) is 1. The molecule has 0 spiro atoms. The molecule has 8 heteroatoms. The molecular formula is C5H7ClN2O4S. The van der Waals surface area contributed by atoms with Gasteiger partial charge in [-0.1, -0.05) is 0 Å². The highest BCUT2D eigenvalue weighted by atomic mass is 35.5. The maximum atomic E-state index is 10.2. The lowest BCUT2D eigenvalue weighted by atomic mass is 10.7. The van der Waals surface area contributed by atoms with Crippen molar-refractivity contribution in [3.05, 3.63) is 18.5 Å². The van der Waals surface area contributed by atoms with Crippen LogP contribution in [-0.4, -0.2) is 28.9 Å². The highest BCUT2D eigenvalue weighted by molar-refractivity contribution is 7.85. The molecule has 1 N–H and O–H groups in total. The third kappa shape index (κ3) is 5.34. The zero-order valence-electron chi connectivity index (χ0n) is 6.32. The number of aromatic nitrogens is 2. The molecular weight excluding hydrogens is 220 g/mol. The third-order valence-electron chi connectivity index (χ3n) is 0.879. The number of hydrogen-bond donors (Lipinski definition) is 1. The first-order chi connectivity index (χ1) is 5.58. The van der Waals surface area contributed by atoms with E-state index in [1.165, 1.54) is 12.4 Å². The van der Waals surface area contributed by atoms with E-state index in [1.807, 2.05) is 0 Å². The first-order valence-electron chi connectivity index (χ1n) is 2.93. The van der Waals surface area contributed by atoms with Gasteiger partial charge in [-0.25, -0.2) is 9.97 Å². The zero-order chi connectivity index (χ0) is 9.03. The third-order valence-corrected chi connectivity index (χ3v) is 1.29. The lowest BCUT2D eigenvalue weighted by Gasteiger charge is -1.99. The second-order valence-electron chi connectivity index (χ2n) is 1.88. The lowest BCUT2D eigenvalue weighted by Crippen LogP contribution is -2.11. The number of halogens is 1. The topological polar surface area (TPSA) is 89.4 Å². The van der Waals surface area contributed by atoms with E-state index in [-0.39, 0.29) is 18.4 Å². The van der Waals surface area contributed by atoms with E-state index >= 15 is 0 Å². The fourth-order valence-corrected chi connectivity index (χ4v) is 0.741. The Morgan fingerprint density at radius 2 is 1.92 bits per heavy atom. The van der Waals surface area contributed by atoms with Crippen LogP contribution in [0.1, 0.15) is 0 Å². The number of hydrogen-bond acceptors (Lipinski definition) is 5. The van der Waals surface area contributed by atoms with E-state index in [1.54, 1.807) is 6.07 Å². The van der Waals surface area contributed by atoms with Gasteiger partial charge in [-0.3, -0.25) is 4.55 Å². The van der Waals surface area contributed by atoms with Crippen molar-refractivity contribution in [3.63, 3.8) is 0 Å². The Morgan fingerprint density at radius 1 is 1.38 bits per heavy atom. The first-order valence-corrected chi connectivity index (χ1v) is 4.54. The molecule has 0 aromatic carbocycles. The summed E-state index contributed by atoms with van der Waals surface area (Å²) in [5.41, 5.74) is 0. The van der Waals surface area contributed by atoms with Crippen LogP contribution in [0.4, 0.5) is 0 Å². The molecule has 13 heavy (non-hydrogen) atoms. The van der Waals surface area contributed by atoms with Crippen molar-refractivity contribution in [2.24, 2.45) is 0 Å². The Balaban J connectivity index is 0.00000144. The molecule has 0 atom stereocenters. The van der Waals surface area contributed by atoms with E-state index < -0.39 is 16.1 Å². The van der Waals surface area contributed by atoms with E-state index in [4.69, 9.17) is 4.55 Å². The van der Waals surface area contributed by atoms with Gasteiger partial charge in [-0.05, 0) is 6.07 Å². The Labute approximate surface area is 81.1 Å². The summed E-state index contributed by atoms with van der Waals surface area (Å²) in [6, 6.07) is 1.47. The van der Waals surface area contributed by atoms with Crippen LogP contribution in [0.3, 0.4) is 0 Å². The number of nitrogens with zero attached hydrogens (tertiary/aromatic N) is 2. The van der Waals surface area contributed by atoms with Gasteiger partial charge in [0.15, 0.2) is 0 Å². The van der Waals surface area contributed by atoms with E-state index in [2.05, 4.69) is 14.7 Å². The molecule has 1 rings (SSSR count). The average molecular weight is 227 g/mol. The summed E-state index contributed by atoms with van der Waals surface area (Å²) in [5, 5.41) is 0. The van der Waals surface area contributed by atoms with Gasteiger partial charge in [0.25, 0.3) is 0 Å². The summed E-state index contributed by atoms with van der Waals surface area (Å²) in [5.74, 6) is -0.836. The molecule has 0 saturated heterocycles. The Hall–Kier alpha value is -0.920. The van der Waals surface area contributed by atoms with Crippen molar-refractivity contribution < 1.29 is 17.7 Å². The largest absolute Gasteiger partial charge is 0.444 e. The fraction of sp³-hybridized carbons (Fsp3) is 0.200. The van der Waals surface area contributed by atoms with Crippen molar-refractivity contribution in [1.29, 1.82) is 0 Å². The molecule has 1 aromatic heterocycles. The molecule has 0 fully saturated rings. The molecule has 1 aromatic rings. The smallest absolute Gasteiger partial charge is 0.317 e. The number of rotatable bonds is 3. The first kappa shape index (κ1) is 12.1. The van der Waals surface area contributed by atoms with E-state index in [0.29, 0.717) is 0 Å². The Morgan fingerprint density at radius 3 is 2.38 bits per heavy atom. The maximum Gasteiger partial charge on any atom is 0.317 e. The van der Waals surface area contributed by atoms with Crippen molar-refractivity contribution in [3.8, 4) is 6.01 Å². The minimum absolute atomic E-state index is 0.